The Labute approximate surface area is 135 Å². The maximum Gasteiger partial charge on any atom is 0.416 e. The lowest BCUT2D eigenvalue weighted by Crippen LogP contribution is -2.26. The van der Waals surface area contributed by atoms with E-state index in [1.807, 2.05) is 4.90 Å². The molecule has 128 valence electrons. The van der Waals surface area contributed by atoms with Crippen molar-refractivity contribution in [2.24, 2.45) is 0 Å². The molecule has 0 aliphatic carbocycles. The Bertz CT molecular complexity index is 795. The van der Waals surface area contributed by atoms with Crippen LogP contribution in [0.1, 0.15) is 24.0 Å². The van der Waals surface area contributed by atoms with E-state index in [4.69, 9.17) is 0 Å². The molecule has 1 aromatic carbocycles. The minimum absolute atomic E-state index is 0.0332. The normalized spacial score (nSPS) is 15.1. The zero-order valence-electron chi connectivity index (χ0n) is 12.7. The predicted molar refractivity (Wildman–Crippen MR) is 80.4 cm³/mol. The second-order valence-corrected chi connectivity index (χ2v) is 5.75. The molecule has 0 atom stereocenters. The largest absolute Gasteiger partial charge is 0.416 e. The summed E-state index contributed by atoms with van der Waals surface area (Å²) in [6.45, 7) is 1.48. The minimum Gasteiger partial charge on any atom is -0.370 e. The maximum absolute atomic E-state index is 13.4. The molecule has 1 aliphatic heterocycles. The Kier molecular flexibility index (Phi) is 4.29. The molecule has 2 aromatic rings. The van der Waals surface area contributed by atoms with Gasteiger partial charge in [0, 0.05) is 19.2 Å². The molecule has 0 amide bonds. The summed E-state index contributed by atoms with van der Waals surface area (Å²) >= 11 is 0. The van der Waals surface area contributed by atoms with Gasteiger partial charge in [-0.2, -0.15) is 18.3 Å². The lowest BCUT2D eigenvalue weighted by molar-refractivity contribution is -0.137. The van der Waals surface area contributed by atoms with Gasteiger partial charge in [-0.1, -0.05) is 0 Å². The quantitative estimate of drug-likeness (QED) is 0.806. The maximum atomic E-state index is 13.4. The van der Waals surface area contributed by atoms with Crippen LogP contribution in [0.3, 0.4) is 0 Å². The van der Waals surface area contributed by atoms with E-state index in [-0.39, 0.29) is 12.1 Å². The van der Waals surface area contributed by atoms with E-state index in [1.54, 1.807) is 0 Å². The van der Waals surface area contributed by atoms with Crippen LogP contribution in [0.4, 0.5) is 23.2 Å². The van der Waals surface area contributed by atoms with Gasteiger partial charge in [0.2, 0.25) is 0 Å². The smallest absolute Gasteiger partial charge is 0.370 e. The van der Waals surface area contributed by atoms with Crippen LogP contribution < -0.4 is 10.5 Å². The van der Waals surface area contributed by atoms with Crippen molar-refractivity contribution in [1.82, 2.24) is 9.78 Å². The summed E-state index contributed by atoms with van der Waals surface area (Å²) in [4.78, 5) is 14.2. The Morgan fingerprint density at radius 1 is 1.08 bits per heavy atom. The zero-order chi connectivity index (χ0) is 17.3. The van der Waals surface area contributed by atoms with Gasteiger partial charge in [0.1, 0.15) is 5.82 Å². The van der Waals surface area contributed by atoms with E-state index < -0.39 is 23.1 Å². The van der Waals surface area contributed by atoms with Crippen LogP contribution >= 0.6 is 0 Å². The van der Waals surface area contributed by atoms with Gasteiger partial charge in [-0.25, -0.2) is 9.07 Å². The molecular formula is C16H15F4N3O. The Balaban J connectivity index is 1.86. The fourth-order valence-corrected chi connectivity index (χ4v) is 2.77. The van der Waals surface area contributed by atoms with E-state index >= 15 is 0 Å². The van der Waals surface area contributed by atoms with Crippen LogP contribution in [0, 0.1) is 5.82 Å². The van der Waals surface area contributed by atoms with Crippen molar-refractivity contribution in [2.45, 2.75) is 25.6 Å². The van der Waals surface area contributed by atoms with Crippen molar-refractivity contribution in [2.75, 3.05) is 18.0 Å². The molecule has 0 bridgehead atoms. The molecule has 1 fully saturated rings. The van der Waals surface area contributed by atoms with Crippen LogP contribution in [0.5, 0.6) is 0 Å². The third-order valence-corrected chi connectivity index (χ3v) is 3.94. The second kappa shape index (κ2) is 6.26. The van der Waals surface area contributed by atoms with Crippen molar-refractivity contribution in [3.63, 3.8) is 0 Å². The molecule has 8 heteroatoms. The number of rotatable bonds is 3. The summed E-state index contributed by atoms with van der Waals surface area (Å²) in [5.74, 6) is -0.999. The third-order valence-electron chi connectivity index (χ3n) is 3.94. The van der Waals surface area contributed by atoms with Crippen LogP contribution in [0.2, 0.25) is 0 Å². The minimum atomic E-state index is -4.64. The summed E-state index contributed by atoms with van der Waals surface area (Å²) in [6, 6.07) is 3.63. The fraction of sp³-hybridized carbons (Fsp3) is 0.375. The number of aromatic nitrogens is 2. The Morgan fingerprint density at radius 2 is 1.79 bits per heavy atom. The van der Waals surface area contributed by atoms with Gasteiger partial charge >= 0.3 is 6.18 Å². The summed E-state index contributed by atoms with van der Waals surface area (Å²) in [5, 5.41) is 4.00. The first kappa shape index (κ1) is 16.5. The third kappa shape index (κ3) is 3.58. The van der Waals surface area contributed by atoms with Gasteiger partial charge in [-0.15, -0.1) is 0 Å². The summed E-state index contributed by atoms with van der Waals surface area (Å²) in [5.41, 5.74) is -0.786. The molecule has 0 saturated carbocycles. The number of anilines is 1. The highest BCUT2D eigenvalue weighted by Gasteiger charge is 2.31. The molecule has 3 rings (SSSR count). The SMILES string of the molecule is O=c1cc(N2CCCC2)cnn1Cc1cc(F)cc(C(F)(F)F)c1. The van der Waals surface area contributed by atoms with E-state index in [0.29, 0.717) is 11.8 Å². The van der Waals surface area contributed by atoms with Gasteiger partial charge in [-0.05, 0) is 36.6 Å². The van der Waals surface area contributed by atoms with Crippen LogP contribution in [0.15, 0.2) is 35.3 Å². The average Bonchev–Trinajstić information content (AvgIpc) is 3.02. The average molecular weight is 341 g/mol. The number of hydrogen-bond acceptors (Lipinski definition) is 3. The molecule has 0 N–H and O–H groups in total. The predicted octanol–water partition coefficient (Wildman–Crippen LogP) is 3.05. The van der Waals surface area contributed by atoms with E-state index in [9.17, 15) is 22.4 Å². The number of nitrogens with zero attached hydrogens (tertiary/aromatic N) is 3. The lowest BCUT2D eigenvalue weighted by Gasteiger charge is -2.17. The first-order valence-electron chi connectivity index (χ1n) is 7.52. The van der Waals surface area contributed by atoms with Crippen molar-refractivity contribution in [1.29, 1.82) is 0 Å². The van der Waals surface area contributed by atoms with Gasteiger partial charge in [-0.3, -0.25) is 4.79 Å². The molecule has 0 radical (unpaired) electrons. The highest BCUT2D eigenvalue weighted by Crippen LogP contribution is 2.30. The Hall–Kier alpha value is -2.38. The molecule has 24 heavy (non-hydrogen) atoms. The highest BCUT2D eigenvalue weighted by molar-refractivity contribution is 5.43. The molecule has 1 saturated heterocycles. The monoisotopic (exact) mass is 341 g/mol. The molecule has 1 aliphatic rings. The molecule has 2 heterocycles. The molecule has 0 unspecified atom stereocenters. The number of halogens is 4. The molecule has 4 nitrogen and oxygen atoms in total. The van der Waals surface area contributed by atoms with Gasteiger partial charge in [0.25, 0.3) is 5.56 Å². The molecular weight excluding hydrogens is 326 g/mol. The van der Waals surface area contributed by atoms with Crippen molar-refractivity contribution in [3.8, 4) is 0 Å². The first-order valence-corrected chi connectivity index (χ1v) is 7.52. The molecule has 1 aromatic heterocycles. The highest BCUT2D eigenvalue weighted by atomic mass is 19.4. The Morgan fingerprint density at radius 3 is 2.42 bits per heavy atom. The van der Waals surface area contributed by atoms with E-state index in [0.717, 1.165) is 42.7 Å². The van der Waals surface area contributed by atoms with Gasteiger partial charge < -0.3 is 4.90 Å². The summed E-state index contributed by atoms with van der Waals surface area (Å²) in [6.07, 6.45) is -1.04. The van der Waals surface area contributed by atoms with Gasteiger partial charge in [0.05, 0.1) is 24.0 Å². The van der Waals surface area contributed by atoms with Crippen molar-refractivity contribution < 1.29 is 17.6 Å². The lowest BCUT2D eigenvalue weighted by atomic mass is 10.1. The summed E-state index contributed by atoms with van der Waals surface area (Å²) < 4.78 is 52.6. The van der Waals surface area contributed by atoms with Crippen molar-refractivity contribution >= 4 is 5.69 Å². The number of benzene rings is 1. The van der Waals surface area contributed by atoms with Crippen LogP contribution in [-0.2, 0) is 12.7 Å². The topological polar surface area (TPSA) is 38.1 Å². The van der Waals surface area contributed by atoms with Crippen LogP contribution in [0.25, 0.3) is 0 Å². The molecule has 0 spiro atoms. The van der Waals surface area contributed by atoms with Crippen LogP contribution in [-0.4, -0.2) is 22.9 Å². The first-order chi connectivity index (χ1) is 11.3. The fourth-order valence-electron chi connectivity index (χ4n) is 2.77. The summed E-state index contributed by atoms with van der Waals surface area (Å²) in [7, 11) is 0. The van der Waals surface area contributed by atoms with Gasteiger partial charge in [0.15, 0.2) is 0 Å². The number of alkyl halides is 3. The van der Waals surface area contributed by atoms with Crippen molar-refractivity contribution in [3.05, 3.63) is 57.8 Å². The number of hydrogen-bond donors (Lipinski definition) is 0. The van der Waals surface area contributed by atoms with E-state index in [1.165, 1.54) is 12.3 Å². The van der Waals surface area contributed by atoms with E-state index in [2.05, 4.69) is 5.10 Å². The second-order valence-electron chi connectivity index (χ2n) is 5.75. The zero-order valence-corrected chi connectivity index (χ0v) is 12.7. The standard InChI is InChI=1S/C16H15F4N3O/c17-13-6-11(5-12(7-13)16(18,19)20)10-23-15(24)8-14(9-21-23)22-3-1-2-4-22/h5-9H,1-4,10H2.